The molecule has 410 valence electrons. The number of hydrogen-bond acceptors (Lipinski definition) is 5. The first kappa shape index (κ1) is 52.6. The molecule has 1 aliphatic rings. The molecule has 0 spiro atoms. The highest BCUT2D eigenvalue weighted by molar-refractivity contribution is 7.26. The first-order valence-corrected chi connectivity index (χ1v) is 29.4. The van der Waals surface area contributed by atoms with Gasteiger partial charge in [-0.05, 0) is 127 Å². The monoisotopic (exact) mass is 1090 g/mol. The molecule has 81 heavy (non-hydrogen) atoms. The maximum atomic E-state index is 15.5. The lowest BCUT2D eigenvalue weighted by molar-refractivity contribution is 0.483. The van der Waals surface area contributed by atoms with Crippen LogP contribution in [0.2, 0.25) is 0 Å². The number of halogens is 1. The summed E-state index contributed by atoms with van der Waals surface area (Å²) >= 11 is 1.48. The van der Waals surface area contributed by atoms with E-state index >= 15 is 4.39 Å². The summed E-state index contributed by atoms with van der Waals surface area (Å²) in [4.78, 5) is 9.81. The van der Waals surface area contributed by atoms with Crippen molar-refractivity contribution in [2.75, 3.05) is 16.5 Å². The highest BCUT2D eigenvalue weighted by atomic mass is 32.1. The second kappa shape index (κ2) is 19.2. The lowest BCUT2D eigenvalue weighted by atomic mass is 9.77. The van der Waals surface area contributed by atoms with Crippen LogP contribution in [0.15, 0.2) is 170 Å². The molecular formula is C74H75FN4OS. The highest BCUT2D eigenvalue weighted by Gasteiger charge is 2.34. The molecule has 0 amide bonds. The van der Waals surface area contributed by atoms with Crippen molar-refractivity contribution < 1.29 is 10.5 Å². The van der Waals surface area contributed by atoms with E-state index in [2.05, 4.69) is 246 Å². The number of para-hydroxylation sites is 3. The van der Waals surface area contributed by atoms with Crippen LogP contribution in [0.25, 0.3) is 70.0 Å². The van der Waals surface area contributed by atoms with Crippen molar-refractivity contribution >= 4 is 76.1 Å². The summed E-state index contributed by atoms with van der Waals surface area (Å²) in [5.74, 6) is 1.78. The molecule has 0 saturated carbocycles. The quantitative estimate of drug-likeness (QED) is 0.159. The molecule has 11 aromatic rings. The van der Waals surface area contributed by atoms with Gasteiger partial charge in [-0.25, -0.2) is 9.37 Å². The minimum Gasteiger partial charge on any atom is -0.457 e. The van der Waals surface area contributed by atoms with Crippen LogP contribution < -0.4 is 14.5 Å². The van der Waals surface area contributed by atoms with Gasteiger partial charge in [-0.3, -0.25) is 4.57 Å². The molecule has 0 saturated heterocycles. The first-order valence-electron chi connectivity index (χ1n) is 29.1. The third-order valence-corrected chi connectivity index (χ3v) is 17.7. The van der Waals surface area contributed by atoms with Crippen molar-refractivity contribution in [1.82, 2.24) is 9.55 Å². The average Bonchev–Trinajstić information content (AvgIpc) is 2.34. The molecule has 0 radical (unpaired) electrons. The number of anilines is 4. The number of rotatable bonds is 7. The molecule has 8 aromatic carbocycles. The van der Waals surface area contributed by atoms with E-state index in [9.17, 15) is 0 Å². The van der Waals surface area contributed by atoms with Crippen LogP contribution in [-0.2, 0) is 27.1 Å². The van der Waals surface area contributed by atoms with Gasteiger partial charge in [-0.2, -0.15) is 0 Å². The Morgan fingerprint density at radius 2 is 1.00 bits per heavy atom. The van der Waals surface area contributed by atoms with Gasteiger partial charge in [-0.15, -0.1) is 11.3 Å². The minimum absolute atomic E-state index is 0.0689. The largest absolute Gasteiger partial charge is 0.457 e. The number of hydrogen-bond donors (Lipinski definition) is 0. The standard InChI is InChI=1S/C74H75FN4OS/c1-70(2,3)47-33-34-76-65(41-47)79-63-32-31-58-57-25-20-26-60(75)68(57)81-69(58)66(63)59-30-29-54(43-64(59)79)80-53-22-18-21-52(42-53)77-44-78(62-28-17-16-27-61(62)77)67-55(45-35-48(71(4,5)6)39-49(36-45)72(7,8)9)23-19-24-56(67)46-37-50(73(10,11)12)40-51(38-46)74(13,14)15/h16-43H,44H2,1-15H3/i34D. The van der Waals surface area contributed by atoms with Crippen LogP contribution in [0, 0.1) is 5.82 Å². The molecule has 7 heteroatoms. The van der Waals surface area contributed by atoms with E-state index in [0.29, 0.717) is 28.7 Å². The molecule has 0 aliphatic carbocycles. The summed E-state index contributed by atoms with van der Waals surface area (Å²) in [6.45, 7) is 34.9. The van der Waals surface area contributed by atoms with Crippen LogP contribution in [0.1, 0.15) is 133 Å². The molecule has 1 aliphatic heterocycles. The molecule has 0 fully saturated rings. The number of nitrogens with zero attached hydrogens (tertiary/aromatic N) is 4. The van der Waals surface area contributed by atoms with Crippen molar-refractivity contribution in [2.24, 2.45) is 0 Å². The fraction of sp³-hybridized carbons (Fsp3) is 0.284. The third kappa shape index (κ3) is 9.75. The Hall–Kier alpha value is -7.74. The molecule has 0 atom stereocenters. The minimum atomic E-state index is -0.222. The van der Waals surface area contributed by atoms with E-state index in [0.717, 1.165) is 59.9 Å². The van der Waals surface area contributed by atoms with E-state index < -0.39 is 0 Å². The SMILES string of the molecule is [2H]c1cc(C(C)(C)C)cc(-n2c3cc(Oc4cccc(N5CN(c6c(-c7cc(C(C)(C)C)cc(C(C)(C)C)c7)cccc6-c6cc(C(C)(C)C)cc(C(C)(C)C)c6)c6ccccc65)c4)ccc3c3c4sc5c(F)cccc5c4ccc32)n1. The molecular weight excluding hydrogens is 1010 g/mol. The summed E-state index contributed by atoms with van der Waals surface area (Å²) in [6, 6.07) is 58.4. The zero-order chi connectivity index (χ0) is 58.2. The molecule has 0 bridgehead atoms. The van der Waals surface area contributed by atoms with Crippen LogP contribution >= 0.6 is 11.3 Å². The third-order valence-electron chi connectivity index (χ3n) is 16.5. The Kier molecular flexibility index (Phi) is 12.5. The Labute approximate surface area is 484 Å². The van der Waals surface area contributed by atoms with E-state index in [1.54, 1.807) is 6.07 Å². The van der Waals surface area contributed by atoms with Gasteiger partial charge in [0.2, 0.25) is 0 Å². The molecule has 0 N–H and O–H groups in total. The van der Waals surface area contributed by atoms with Crippen molar-refractivity contribution in [3.63, 3.8) is 0 Å². The van der Waals surface area contributed by atoms with Crippen molar-refractivity contribution in [3.8, 4) is 39.6 Å². The van der Waals surface area contributed by atoms with Crippen LogP contribution in [0.5, 0.6) is 11.5 Å². The number of fused-ring (bicyclic) bond motifs is 8. The lowest BCUT2D eigenvalue weighted by Crippen LogP contribution is -2.25. The normalized spacial score (nSPS) is 13.8. The predicted octanol–water partition coefficient (Wildman–Crippen LogP) is 21.5. The Bertz CT molecular complexity index is 4200. The second-order valence-corrected chi connectivity index (χ2v) is 28.6. The lowest BCUT2D eigenvalue weighted by Gasteiger charge is -2.31. The molecule has 0 unspecified atom stereocenters. The van der Waals surface area contributed by atoms with Gasteiger partial charge in [0.05, 0.1) is 34.2 Å². The maximum Gasteiger partial charge on any atom is 0.141 e. The fourth-order valence-corrected chi connectivity index (χ4v) is 12.9. The van der Waals surface area contributed by atoms with Crippen LogP contribution in [0.3, 0.4) is 0 Å². The fourth-order valence-electron chi connectivity index (χ4n) is 11.6. The Morgan fingerprint density at radius 1 is 0.469 bits per heavy atom. The van der Waals surface area contributed by atoms with Gasteiger partial charge in [0.15, 0.2) is 0 Å². The number of benzene rings is 8. The van der Waals surface area contributed by atoms with Gasteiger partial charge in [0.1, 0.15) is 29.8 Å². The van der Waals surface area contributed by atoms with Gasteiger partial charge >= 0.3 is 0 Å². The van der Waals surface area contributed by atoms with E-state index in [4.69, 9.17) is 11.1 Å². The number of thiophene rings is 1. The summed E-state index contributed by atoms with van der Waals surface area (Å²) in [6.07, 6.45) is 0.197. The van der Waals surface area contributed by atoms with Gasteiger partial charge in [0, 0.05) is 61.4 Å². The smallest absolute Gasteiger partial charge is 0.141 e. The van der Waals surface area contributed by atoms with Crippen LogP contribution in [0.4, 0.5) is 27.1 Å². The summed E-state index contributed by atoms with van der Waals surface area (Å²) in [5.41, 5.74) is 16.8. The van der Waals surface area contributed by atoms with E-state index in [-0.39, 0.29) is 39.1 Å². The molecule has 4 heterocycles. The Balaban J connectivity index is 0.996. The maximum absolute atomic E-state index is 15.5. The van der Waals surface area contributed by atoms with Gasteiger partial charge in [-0.1, -0.05) is 195 Å². The summed E-state index contributed by atoms with van der Waals surface area (Å²) in [5, 5.41) is 3.93. The van der Waals surface area contributed by atoms with Gasteiger partial charge in [0.25, 0.3) is 0 Å². The second-order valence-electron chi connectivity index (χ2n) is 27.5. The molecule has 5 nitrogen and oxygen atoms in total. The van der Waals surface area contributed by atoms with Crippen molar-refractivity contribution in [1.29, 1.82) is 0 Å². The van der Waals surface area contributed by atoms with Gasteiger partial charge < -0.3 is 14.5 Å². The number of ether oxygens (including phenoxy) is 1. The summed E-state index contributed by atoms with van der Waals surface area (Å²) in [7, 11) is 0. The van der Waals surface area contributed by atoms with E-state index in [1.165, 1.54) is 67.6 Å². The topological polar surface area (TPSA) is 33.5 Å². The zero-order valence-corrected chi connectivity index (χ0v) is 50.6. The van der Waals surface area contributed by atoms with E-state index in [1.807, 2.05) is 24.3 Å². The first-order chi connectivity index (χ1) is 38.6. The molecule has 12 rings (SSSR count). The van der Waals surface area contributed by atoms with Crippen molar-refractivity contribution in [2.45, 2.75) is 131 Å². The van der Waals surface area contributed by atoms with Crippen LogP contribution in [-0.4, -0.2) is 16.2 Å². The Morgan fingerprint density at radius 3 is 1.59 bits per heavy atom. The average molecular weight is 1090 g/mol. The summed E-state index contributed by atoms with van der Waals surface area (Å²) < 4.78 is 35.1. The highest BCUT2D eigenvalue weighted by Crippen LogP contribution is 2.52. The zero-order valence-electron chi connectivity index (χ0n) is 50.8. The molecule has 3 aromatic heterocycles. The van der Waals surface area contributed by atoms with Crippen molar-refractivity contribution in [3.05, 3.63) is 204 Å². The number of aromatic nitrogens is 2. The predicted molar refractivity (Wildman–Crippen MR) is 344 cm³/mol. The number of pyridine rings is 1.